The van der Waals surface area contributed by atoms with Crippen molar-refractivity contribution in [2.75, 3.05) is 20.8 Å². The molecule has 0 aliphatic carbocycles. The second-order valence-corrected chi connectivity index (χ2v) is 7.48. The highest BCUT2D eigenvalue weighted by Crippen LogP contribution is 2.28. The number of aliphatic carboxylic acids is 2. The molecule has 4 atom stereocenters. The van der Waals surface area contributed by atoms with E-state index < -0.39 is 42.3 Å². The van der Waals surface area contributed by atoms with Gasteiger partial charge in [-0.2, -0.15) is 0 Å². The summed E-state index contributed by atoms with van der Waals surface area (Å²) in [6.07, 6.45) is 0.428. The lowest BCUT2D eigenvalue weighted by molar-refractivity contribution is -0.149. The Hall–Kier alpha value is -2.49. The van der Waals surface area contributed by atoms with E-state index in [0.717, 1.165) is 5.56 Å². The van der Waals surface area contributed by atoms with E-state index in [1.54, 1.807) is 6.92 Å². The molecular weight excluding hydrogens is 392 g/mol. The Morgan fingerprint density at radius 3 is 2.33 bits per heavy atom. The summed E-state index contributed by atoms with van der Waals surface area (Å²) in [6, 6.07) is 6.68. The maximum atomic E-state index is 13.0. The van der Waals surface area contributed by atoms with Crippen molar-refractivity contribution in [2.24, 2.45) is 5.92 Å². The third-order valence-electron chi connectivity index (χ3n) is 5.44. The van der Waals surface area contributed by atoms with E-state index in [1.165, 1.54) is 19.1 Å². The van der Waals surface area contributed by atoms with E-state index in [1.807, 2.05) is 30.3 Å². The van der Waals surface area contributed by atoms with E-state index in [9.17, 15) is 24.6 Å². The fourth-order valence-electron chi connectivity index (χ4n) is 3.88. The summed E-state index contributed by atoms with van der Waals surface area (Å²) in [4.78, 5) is 37.6. The number of likely N-dealkylation sites (tertiary alicyclic amines) is 1. The molecule has 30 heavy (non-hydrogen) atoms. The van der Waals surface area contributed by atoms with Gasteiger partial charge in [0, 0.05) is 26.7 Å². The summed E-state index contributed by atoms with van der Waals surface area (Å²) in [6.45, 7) is 1.72. The van der Waals surface area contributed by atoms with Gasteiger partial charge < -0.3 is 24.6 Å². The number of methoxy groups -OCH3 is 2. The van der Waals surface area contributed by atoms with Crippen molar-refractivity contribution in [3.05, 3.63) is 35.9 Å². The van der Waals surface area contributed by atoms with Crippen LogP contribution in [-0.4, -0.2) is 78.1 Å². The second kappa shape index (κ2) is 11.1. The lowest BCUT2D eigenvalue weighted by atomic mass is 10.0. The Bertz CT molecular complexity index is 723. The molecule has 0 spiro atoms. The first-order chi connectivity index (χ1) is 14.3. The largest absolute Gasteiger partial charge is 0.480 e. The molecule has 3 N–H and O–H groups in total. The number of rotatable bonds is 11. The smallest absolute Gasteiger partial charge is 0.326 e. The van der Waals surface area contributed by atoms with E-state index in [4.69, 9.17) is 9.47 Å². The van der Waals surface area contributed by atoms with Gasteiger partial charge in [-0.1, -0.05) is 30.3 Å². The van der Waals surface area contributed by atoms with Crippen LogP contribution in [-0.2, 0) is 30.3 Å². The molecule has 2 rings (SSSR count). The average Bonchev–Trinajstić information content (AvgIpc) is 3.17. The maximum Gasteiger partial charge on any atom is 0.326 e. The number of hydrogen-bond donors (Lipinski definition) is 3. The molecule has 9 nitrogen and oxygen atoms in total. The highest BCUT2D eigenvalue weighted by molar-refractivity contribution is 5.88. The number of carboxylic acid groups (broad SMARTS) is 2. The van der Waals surface area contributed by atoms with Crippen LogP contribution in [0.4, 0.5) is 0 Å². The lowest BCUT2D eigenvalue weighted by Gasteiger charge is -2.27. The van der Waals surface area contributed by atoms with Crippen molar-refractivity contribution in [3.8, 4) is 0 Å². The number of carboxylic acids is 2. The zero-order valence-electron chi connectivity index (χ0n) is 17.5. The molecule has 166 valence electrons. The van der Waals surface area contributed by atoms with E-state index in [-0.39, 0.29) is 18.9 Å². The molecule has 1 aromatic rings. The number of nitrogens with zero attached hydrogens (tertiary/aromatic N) is 1. The minimum atomic E-state index is -1.11. The van der Waals surface area contributed by atoms with Crippen LogP contribution in [0.2, 0.25) is 0 Å². The van der Waals surface area contributed by atoms with Gasteiger partial charge in [-0.15, -0.1) is 0 Å². The van der Waals surface area contributed by atoms with Crippen LogP contribution in [0.1, 0.15) is 25.3 Å². The highest BCUT2D eigenvalue weighted by atomic mass is 16.7. The Balaban J connectivity index is 2.03. The van der Waals surface area contributed by atoms with Gasteiger partial charge in [-0.05, 0) is 31.7 Å². The summed E-state index contributed by atoms with van der Waals surface area (Å²) in [5.41, 5.74) is 1.00. The summed E-state index contributed by atoms with van der Waals surface area (Å²) >= 11 is 0. The van der Waals surface area contributed by atoms with Crippen LogP contribution in [0.15, 0.2) is 30.3 Å². The number of carbonyl (C=O) groups excluding carboxylic acids is 1. The normalized spacial score (nSPS) is 20.9. The van der Waals surface area contributed by atoms with Gasteiger partial charge in [-0.3, -0.25) is 14.9 Å². The van der Waals surface area contributed by atoms with Gasteiger partial charge in [0.25, 0.3) is 0 Å². The lowest BCUT2D eigenvalue weighted by Crippen LogP contribution is -2.53. The maximum absolute atomic E-state index is 13.0. The molecule has 1 amide bonds. The van der Waals surface area contributed by atoms with Gasteiger partial charge in [0.1, 0.15) is 12.1 Å². The monoisotopic (exact) mass is 422 g/mol. The summed E-state index contributed by atoms with van der Waals surface area (Å²) in [5, 5.41) is 21.9. The number of carbonyl (C=O) groups is 3. The minimum Gasteiger partial charge on any atom is -0.480 e. The fraction of sp³-hybridized carbons (Fsp3) is 0.571. The molecule has 1 aliphatic heterocycles. The summed E-state index contributed by atoms with van der Waals surface area (Å²) in [7, 11) is 2.92. The Morgan fingerprint density at radius 1 is 1.17 bits per heavy atom. The summed E-state index contributed by atoms with van der Waals surface area (Å²) in [5.74, 6) is -2.91. The van der Waals surface area contributed by atoms with E-state index in [2.05, 4.69) is 5.32 Å². The van der Waals surface area contributed by atoms with Crippen molar-refractivity contribution in [1.29, 1.82) is 0 Å². The fourth-order valence-corrected chi connectivity index (χ4v) is 3.88. The standard InChI is InChI=1S/C21H30N2O7/c1-13(22-16(19(25)26)10-9-14-7-5-4-6-8-14)18(24)23-12-15(21(29-2)30-3)11-17(23)20(27)28/h4-8,13,15-17,21-22H,9-12H2,1-3H3,(H,25,26)(H,27,28)/t13-,15-,16-,17+/m0/s1. The first-order valence-corrected chi connectivity index (χ1v) is 9.90. The molecule has 1 fully saturated rings. The zero-order valence-corrected chi connectivity index (χ0v) is 17.5. The number of ether oxygens (including phenoxy) is 2. The van der Waals surface area contributed by atoms with Gasteiger partial charge in [0.2, 0.25) is 5.91 Å². The van der Waals surface area contributed by atoms with Crippen molar-refractivity contribution in [3.63, 3.8) is 0 Å². The van der Waals surface area contributed by atoms with Crippen molar-refractivity contribution >= 4 is 17.8 Å². The third-order valence-corrected chi connectivity index (χ3v) is 5.44. The SMILES string of the molecule is COC(OC)[C@H]1C[C@H](C(=O)O)N(C(=O)[C@H](C)N[C@@H](CCc2ccccc2)C(=O)O)C1. The molecule has 0 unspecified atom stereocenters. The Morgan fingerprint density at radius 2 is 1.80 bits per heavy atom. The molecule has 0 radical (unpaired) electrons. The molecule has 1 saturated heterocycles. The molecule has 1 heterocycles. The first-order valence-electron chi connectivity index (χ1n) is 9.90. The van der Waals surface area contributed by atoms with Gasteiger partial charge in [-0.25, -0.2) is 4.79 Å². The average molecular weight is 422 g/mol. The van der Waals surface area contributed by atoms with Crippen LogP contribution in [0.25, 0.3) is 0 Å². The van der Waals surface area contributed by atoms with Crippen LogP contribution >= 0.6 is 0 Å². The van der Waals surface area contributed by atoms with Crippen LogP contribution in [0.5, 0.6) is 0 Å². The van der Waals surface area contributed by atoms with Crippen LogP contribution < -0.4 is 5.32 Å². The topological polar surface area (TPSA) is 125 Å². The molecular formula is C21H30N2O7. The number of benzene rings is 1. The highest BCUT2D eigenvalue weighted by Gasteiger charge is 2.44. The Labute approximate surface area is 176 Å². The number of amides is 1. The van der Waals surface area contributed by atoms with Crippen LogP contribution in [0.3, 0.4) is 0 Å². The van der Waals surface area contributed by atoms with E-state index >= 15 is 0 Å². The van der Waals surface area contributed by atoms with Crippen molar-refractivity contribution in [1.82, 2.24) is 10.2 Å². The molecule has 1 aliphatic rings. The van der Waals surface area contributed by atoms with Gasteiger partial charge >= 0.3 is 11.9 Å². The van der Waals surface area contributed by atoms with Crippen molar-refractivity contribution in [2.45, 2.75) is 50.6 Å². The molecule has 0 aromatic heterocycles. The van der Waals surface area contributed by atoms with Gasteiger partial charge in [0.05, 0.1) is 6.04 Å². The molecule has 9 heteroatoms. The first kappa shape index (κ1) is 23.8. The van der Waals surface area contributed by atoms with Crippen LogP contribution in [0, 0.1) is 5.92 Å². The van der Waals surface area contributed by atoms with Gasteiger partial charge in [0.15, 0.2) is 6.29 Å². The Kier molecular flexibility index (Phi) is 8.76. The molecule has 0 saturated carbocycles. The van der Waals surface area contributed by atoms with E-state index in [0.29, 0.717) is 12.8 Å². The number of aryl methyl sites for hydroxylation is 1. The minimum absolute atomic E-state index is 0.163. The summed E-state index contributed by atoms with van der Waals surface area (Å²) < 4.78 is 10.4. The zero-order chi connectivity index (χ0) is 22.3. The third kappa shape index (κ3) is 6.01. The number of nitrogens with one attached hydrogen (secondary N) is 1. The predicted molar refractivity (Wildman–Crippen MR) is 108 cm³/mol. The quantitative estimate of drug-likeness (QED) is 0.451. The molecule has 0 bridgehead atoms. The predicted octanol–water partition coefficient (Wildman–Crippen LogP) is 0.971. The second-order valence-electron chi connectivity index (χ2n) is 7.48. The number of hydrogen-bond acceptors (Lipinski definition) is 6. The molecule has 1 aromatic carbocycles. The van der Waals surface area contributed by atoms with Crippen molar-refractivity contribution < 1.29 is 34.1 Å².